The second-order valence-corrected chi connectivity index (χ2v) is 6.53. The molecule has 8 heteroatoms. The molecule has 1 aromatic rings. The van der Waals surface area contributed by atoms with Crippen LogP contribution < -0.4 is 5.32 Å². The third kappa shape index (κ3) is 3.84. The van der Waals surface area contributed by atoms with E-state index in [9.17, 15) is 24.3 Å². The van der Waals surface area contributed by atoms with E-state index in [2.05, 4.69) is 5.32 Å². The second-order valence-electron chi connectivity index (χ2n) is 6.53. The first-order chi connectivity index (χ1) is 12.9. The fraction of sp³-hybridized carbons (Fsp3) is 0.368. The Morgan fingerprint density at radius 2 is 1.96 bits per heavy atom. The highest BCUT2D eigenvalue weighted by molar-refractivity contribution is 6.02. The van der Waals surface area contributed by atoms with Gasteiger partial charge in [0, 0.05) is 13.3 Å². The Bertz CT molecular complexity index is 817. The zero-order valence-corrected chi connectivity index (χ0v) is 14.8. The van der Waals surface area contributed by atoms with Crippen LogP contribution in [0.3, 0.4) is 0 Å². The number of benzene rings is 1. The van der Waals surface area contributed by atoms with Gasteiger partial charge in [0.2, 0.25) is 5.91 Å². The highest BCUT2D eigenvalue weighted by Crippen LogP contribution is 2.40. The Kier molecular flexibility index (Phi) is 5.25. The topological polar surface area (TPSA) is 113 Å². The molecule has 0 aliphatic carbocycles. The lowest BCUT2D eigenvalue weighted by molar-refractivity contribution is -0.152. The zero-order valence-electron chi connectivity index (χ0n) is 14.8. The third-order valence-electron chi connectivity index (χ3n) is 4.69. The predicted octanol–water partition coefficient (Wildman–Crippen LogP) is 0.620. The molecular formula is C19H20N2O6. The molecule has 3 rings (SSSR count). The lowest BCUT2D eigenvalue weighted by Crippen LogP contribution is -2.68. The van der Waals surface area contributed by atoms with E-state index >= 15 is 0 Å². The fourth-order valence-corrected chi connectivity index (χ4v) is 3.51. The van der Waals surface area contributed by atoms with Gasteiger partial charge in [0.05, 0.1) is 19.1 Å². The Hall–Kier alpha value is -3.16. The molecule has 2 amide bonds. The van der Waals surface area contributed by atoms with Crippen LogP contribution in [-0.2, 0) is 30.3 Å². The molecule has 2 aliphatic rings. The first kappa shape index (κ1) is 18.6. The summed E-state index contributed by atoms with van der Waals surface area (Å²) in [5, 5.41) is 12.2. The first-order valence-electron chi connectivity index (χ1n) is 8.63. The summed E-state index contributed by atoms with van der Waals surface area (Å²) in [4.78, 5) is 48.3. The Morgan fingerprint density at radius 1 is 1.26 bits per heavy atom. The van der Waals surface area contributed by atoms with Crippen LogP contribution in [0.25, 0.3) is 0 Å². The van der Waals surface area contributed by atoms with Crippen LogP contribution in [-0.4, -0.2) is 52.4 Å². The van der Waals surface area contributed by atoms with E-state index in [1.54, 1.807) is 0 Å². The second kappa shape index (κ2) is 7.61. The standard InChI is InChI=1S/C19H20N2O6/c1-11(22)27-8-7-13-10-14-16(18(24)21(14)17(13)19(25)26)20-15(23)9-12-5-3-2-4-6-12/h2-6,14,16H,7-10H2,1H3,(H,20,23)(H,25,26)/t14-,16+/m1/s1. The number of ether oxygens (including phenoxy) is 1. The molecule has 0 aromatic heterocycles. The van der Waals surface area contributed by atoms with E-state index < -0.39 is 29.9 Å². The number of carboxylic acid groups (broad SMARTS) is 1. The number of hydrogen-bond donors (Lipinski definition) is 2. The number of nitrogens with one attached hydrogen (secondary N) is 1. The van der Waals surface area contributed by atoms with Crippen LogP contribution >= 0.6 is 0 Å². The van der Waals surface area contributed by atoms with Crippen LogP contribution in [0.5, 0.6) is 0 Å². The van der Waals surface area contributed by atoms with Gasteiger partial charge in [-0.1, -0.05) is 30.3 Å². The van der Waals surface area contributed by atoms with E-state index in [0.29, 0.717) is 12.0 Å². The van der Waals surface area contributed by atoms with Crippen LogP contribution in [0.2, 0.25) is 0 Å². The SMILES string of the molecule is CC(=O)OCCC1=C(C(=O)O)N2C(=O)[C@@H](NC(=O)Cc3ccccc3)[C@H]2C1. The molecule has 2 N–H and O–H groups in total. The van der Waals surface area contributed by atoms with Gasteiger partial charge in [0.25, 0.3) is 5.91 Å². The van der Waals surface area contributed by atoms with Crippen LogP contribution in [0.1, 0.15) is 25.3 Å². The average Bonchev–Trinajstić information content (AvgIpc) is 2.96. The number of carboxylic acids is 1. The number of rotatable bonds is 7. The summed E-state index contributed by atoms with van der Waals surface area (Å²) in [7, 11) is 0. The molecule has 1 fully saturated rings. The lowest BCUT2D eigenvalue weighted by Gasteiger charge is -2.43. The molecule has 1 aromatic carbocycles. The number of fused-ring (bicyclic) bond motifs is 1. The summed E-state index contributed by atoms with van der Waals surface area (Å²) in [5.74, 6) is -2.36. The minimum Gasteiger partial charge on any atom is -0.477 e. The Balaban J connectivity index is 1.63. The van der Waals surface area contributed by atoms with Crippen LogP contribution in [0.4, 0.5) is 0 Å². The largest absolute Gasteiger partial charge is 0.477 e. The number of aliphatic carboxylic acids is 1. The van der Waals surface area contributed by atoms with Crippen LogP contribution in [0.15, 0.2) is 41.6 Å². The molecular weight excluding hydrogens is 352 g/mol. The van der Waals surface area contributed by atoms with Gasteiger partial charge in [-0.25, -0.2) is 4.79 Å². The molecule has 27 heavy (non-hydrogen) atoms. The van der Waals surface area contributed by atoms with Crippen molar-refractivity contribution in [2.24, 2.45) is 0 Å². The maximum Gasteiger partial charge on any atom is 0.352 e. The van der Waals surface area contributed by atoms with Crippen molar-refractivity contribution in [1.82, 2.24) is 10.2 Å². The van der Waals surface area contributed by atoms with E-state index in [-0.39, 0.29) is 31.1 Å². The molecule has 2 heterocycles. The number of esters is 1. The van der Waals surface area contributed by atoms with E-state index in [1.807, 2.05) is 30.3 Å². The molecule has 2 atom stereocenters. The normalized spacial score (nSPS) is 20.8. The molecule has 2 aliphatic heterocycles. The first-order valence-corrected chi connectivity index (χ1v) is 8.63. The lowest BCUT2D eigenvalue weighted by atomic mass is 9.93. The molecule has 0 unspecified atom stereocenters. The highest BCUT2D eigenvalue weighted by Gasteiger charge is 2.55. The summed E-state index contributed by atoms with van der Waals surface area (Å²) < 4.78 is 4.87. The van der Waals surface area contributed by atoms with E-state index in [1.165, 1.54) is 11.8 Å². The van der Waals surface area contributed by atoms with Crippen molar-refractivity contribution in [3.63, 3.8) is 0 Å². The molecule has 8 nitrogen and oxygen atoms in total. The monoisotopic (exact) mass is 372 g/mol. The van der Waals surface area contributed by atoms with Gasteiger partial charge in [-0.2, -0.15) is 0 Å². The van der Waals surface area contributed by atoms with Gasteiger partial charge in [-0.15, -0.1) is 0 Å². The maximum absolute atomic E-state index is 12.4. The summed E-state index contributed by atoms with van der Waals surface area (Å²) in [6.07, 6.45) is 0.729. The van der Waals surface area contributed by atoms with Crippen molar-refractivity contribution >= 4 is 23.8 Å². The summed E-state index contributed by atoms with van der Waals surface area (Å²) >= 11 is 0. The average molecular weight is 372 g/mol. The third-order valence-corrected chi connectivity index (χ3v) is 4.69. The van der Waals surface area contributed by atoms with E-state index in [0.717, 1.165) is 5.56 Å². The molecule has 142 valence electrons. The summed E-state index contributed by atoms with van der Waals surface area (Å²) in [6.45, 7) is 1.33. The van der Waals surface area contributed by atoms with Crippen molar-refractivity contribution in [2.45, 2.75) is 38.3 Å². The molecule has 0 bridgehead atoms. The van der Waals surface area contributed by atoms with Crippen molar-refractivity contribution in [3.05, 3.63) is 47.2 Å². The van der Waals surface area contributed by atoms with Gasteiger partial charge in [0.15, 0.2) is 0 Å². The quantitative estimate of drug-likeness (QED) is 0.536. The van der Waals surface area contributed by atoms with Gasteiger partial charge >= 0.3 is 11.9 Å². The Labute approximate surface area is 155 Å². The Morgan fingerprint density at radius 3 is 2.59 bits per heavy atom. The summed E-state index contributed by atoms with van der Waals surface area (Å²) in [6, 6.07) is 8.01. The van der Waals surface area contributed by atoms with Crippen LogP contribution in [0, 0.1) is 0 Å². The number of carbonyl (C=O) groups is 4. The van der Waals surface area contributed by atoms with Gasteiger partial charge in [-0.3, -0.25) is 19.3 Å². The van der Waals surface area contributed by atoms with Gasteiger partial charge < -0.3 is 15.2 Å². The smallest absolute Gasteiger partial charge is 0.352 e. The molecule has 0 saturated carbocycles. The van der Waals surface area contributed by atoms with E-state index in [4.69, 9.17) is 4.74 Å². The highest BCUT2D eigenvalue weighted by atomic mass is 16.5. The zero-order chi connectivity index (χ0) is 19.6. The number of amides is 2. The minimum atomic E-state index is -1.20. The molecule has 0 spiro atoms. The van der Waals surface area contributed by atoms with Crippen molar-refractivity contribution in [1.29, 1.82) is 0 Å². The predicted molar refractivity (Wildman–Crippen MR) is 93.2 cm³/mol. The number of nitrogens with zero attached hydrogens (tertiary/aromatic N) is 1. The summed E-state index contributed by atoms with van der Waals surface area (Å²) in [5.41, 5.74) is 1.31. The number of hydrogen-bond acceptors (Lipinski definition) is 5. The number of carbonyl (C=O) groups excluding carboxylic acids is 3. The van der Waals surface area contributed by atoms with Crippen molar-refractivity contribution in [2.75, 3.05) is 6.61 Å². The van der Waals surface area contributed by atoms with Gasteiger partial charge in [0.1, 0.15) is 11.7 Å². The van der Waals surface area contributed by atoms with Crippen molar-refractivity contribution < 1.29 is 29.0 Å². The molecule has 0 radical (unpaired) electrons. The minimum absolute atomic E-state index is 0.0568. The molecule has 1 saturated heterocycles. The van der Waals surface area contributed by atoms with Gasteiger partial charge in [-0.05, 0) is 17.6 Å². The maximum atomic E-state index is 12.4. The van der Waals surface area contributed by atoms with Crippen molar-refractivity contribution in [3.8, 4) is 0 Å². The fourth-order valence-electron chi connectivity index (χ4n) is 3.51. The number of β-lactam (4-membered cyclic amide) rings is 1.